The second kappa shape index (κ2) is 6.30. The van der Waals surface area contributed by atoms with Gasteiger partial charge in [0.15, 0.2) is 0 Å². The van der Waals surface area contributed by atoms with Crippen molar-refractivity contribution in [1.29, 1.82) is 0 Å². The number of alkyl halides is 2. The first-order chi connectivity index (χ1) is 6.45. The molecule has 0 aromatic carbocycles. The van der Waals surface area contributed by atoms with Crippen LogP contribution in [0.1, 0.15) is 27.2 Å². The molecule has 2 nitrogen and oxygen atoms in total. The van der Waals surface area contributed by atoms with Crippen molar-refractivity contribution in [3.8, 4) is 0 Å². The summed E-state index contributed by atoms with van der Waals surface area (Å²) in [6, 6.07) is -0.718. The lowest BCUT2D eigenvalue weighted by molar-refractivity contribution is -0.0949. The molecule has 0 saturated carbocycles. The minimum atomic E-state index is -2.70. The smallest absolute Gasteiger partial charge is 0.285 e. The molecular weight excluding hydrogens is 188 g/mol. The Morgan fingerprint density at radius 1 is 1.43 bits per heavy atom. The Kier molecular flexibility index (Phi) is 6.20. The number of halogens is 2. The Balaban J connectivity index is 0.000000500. The Morgan fingerprint density at radius 3 is 2.43 bits per heavy atom. The predicted octanol–water partition coefficient (Wildman–Crippen LogP) is 2.39. The molecule has 0 N–H and O–H groups in total. The SMILES string of the molecule is CC1N(C)CCOCC1(F)F.CCC. The highest BCUT2D eigenvalue weighted by molar-refractivity contribution is 4.82. The highest BCUT2D eigenvalue weighted by Gasteiger charge is 2.40. The van der Waals surface area contributed by atoms with E-state index in [1.54, 1.807) is 11.9 Å². The quantitative estimate of drug-likeness (QED) is 0.607. The molecule has 1 unspecified atom stereocenters. The van der Waals surface area contributed by atoms with E-state index in [1.165, 1.54) is 13.3 Å². The van der Waals surface area contributed by atoms with Crippen LogP contribution >= 0.6 is 0 Å². The first-order valence-electron chi connectivity index (χ1n) is 5.11. The third kappa shape index (κ3) is 4.33. The van der Waals surface area contributed by atoms with E-state index < -0.39 is 18.6 Å². The Labute approximate surface area is 85.2 Å². The minimum Gasteiger partial charge on any atom is -0.374 e. The van der Waals surface area contributed by atoms with Crippen molar-refractivity contribution >= 4 is 0 Å². The van der Waals surface area contributed by atoms with Gasteiger partial charge in [-0.2, -0.15) is 0 Å². The second-order valence-electron chi connectivity index (χ2n) is 3.68. The maximum Gasteiger partial charge on any atom is 0.285 e. The summed E-state index contributed by atoms with van der Waals surface area (Å²) in [5, 5.41) is 0. The van der Waals surface area contributed by atoms with Crippen LogP contribution in [0.15, 0.2) is 0 Å². The first kappa shape index (κ1) is 13.8. The zero-order valence-corrected chi connectivity index (χ0v) is 9.52. The van der Waals surface area contributed by atoms with Crippen molar-refractivity contribution < 1.29 is 13.5 Å². The average Bonchev–Trinajstić information content (AvgIpc) is 2.20. The van der Waals surface area contributed by atoms with E-state index in [4.69, 9.17) is 4.74 Å². The van der Waals surface area contributed by atoms with E-state index in [-0.39, 0.29) is 0 Å². The predicted molar refractivity (Wildman–Crippen MR) is 53.8 cm³/mol. The van der Waals surface area contributed by atoms with E-state index in [9.17, 15) is 8.78 Å². The van der Waals surface area contributed by atoms with Crippen LogP contribution in [0.5, 0.6) is 0 Å². The topological polar surface area (TPSA) is 12.5 Å². The summed E-state index contributed by atoms with van der Waals surface area (Å²) in [5.74, 6) is -2.70. The highest BCUT2D eigenvalue weighted by Crippen LogP contribution is 2.24. The fourth-order valence-electron chi connectivity index (χ4n) is 1.05. The average molecular weight is 209 g/mol. The molecule has 4 heteroatoms. The van der Waals surface area contributed by atoms with Crippen molar-refractivity contribution in [3.05, 3.63) is 0 Å². The Morgan fingerprint density at radius 2 is 1.93 bits per heavy atom. The number of nitrogens with zero attached hydrogens (tertiary/aromatic N) is 1. The molecule has 1 rings (SSSR count). The number of likely N-dealkylation sites (N-methyl/N-ethyl adjacent to an activating group) is 1. The van der Waals surface area contributed by atoms with Gasteiger partial charge in [0.2, 0.25) is 0 Å². The van der Waals surface area contributed by atoms with Crippen LogP contribution in [0.4, 0.5) is 8.78 Å². The molecule has 1 saturated heterocycles. The molecular formula is C10H21F2NO. The van der Waals surface area contributed by atoms with Crippen LogP contribution < -0.4 is 0 Å². The van der Waals surface area contributed by atoms with Gasteiger partial charge in [-0.05, 0) is 14.0 Å². The highest BCUT2D eigenvalue weighted by atomic mass is 19.3. The van der Waals surface area contributed by atoms with Crippen molar-refractivity contribution in [2.45, 2.75) is 39.2 Å². The largest absolute Gasteiger partial charge is 0.374 e. The summed E-state index contributed by atoms with van der Waals surface area (Å²) in [4.78, 5) is 1.62. The van der Waals surface area contributed by atoms with Crippen LogP contribution in [0, 0.1) is 0 Å². The molecule has 0 aliphatic carbocycles. The molecule has 0 aromatic heterocycles. The van der Waals surface area contributed by atoms with Crippen molar-refractivity contribution in [2.75, 3.05) is 26.8 Å². The molecule has 1 heterocycles. The molecule has 0 radical (unpaired) electrons. The van der Waals surface area contributed by atoms with Gasteiger partial charge >= 0.3 is 0 Å². The number of hydrogen-bond acceptors (Lipinski definition) is 2. The van der Waals surface area contributed by atoms with Crippen LogP contribution in [0.3, 0.4) is 0 Å². The summed E-state index contributed by atoms with van der Waals surface area (Å²) >= 11 is 0. The summed E-state index contributed by atoms with van der Waals surface area (Å²) in [6.45, 7) is 6.31. The van der Waals surface area contributed by atoms with Gasteiger partial charge in [0.25, 0.3) is 5.92 Å². The van der Waals surface area contributed by atoms with Gasteiger partial charge in [-0.1, -0.05) is 20.3 Å². The lowest BCUT2D eigenvalue weighted by atomic mass is 10.1. The zero-order chi connectivity index (χ0) is 11.2. The van der Waals surface area contributed by atoms with E-state index >= 15 is 0 Å². The number of rotatable bonds is 0. The van der Waals surface area contributed by atoms with E-state index in [2.05, 4.69) is 13.8 Å². The van der Waals surface area contributed by atoms with Gasteiger partial charge in [0.1, 0.15) is 6.61 Å². The van der Waals surface area contributed by atoms with E-state index in [1.807, 2.05) is 0 Å². The molecule has 1 atom stereocenters. The molecule has 0 amide bonds. The van der Waals surface area contributed by atoms with E-state index in [0.717, 1.165) is 0 Å². The molecule has 0 bridgehead atoms. The molecule has 1 fully saturated rings. The fraction of sp³-hybridized carbons (Fsp3) is 1.00. The lowest BCUT2D eigenvalue weighted by Crippen LogP contribution is -2.44. The van der Waals surface area contributed by atoms with Crippen molar-refractivity contribution in [3.63, 3.8) is 0 Å². The molecule has 1 aliphatic rings. The molecule has 86 valence electrons. The Hall–Kier alpha value is -0.220. The zero-order valence-electron chi connectivity index (χ0n) is 9.52. The fourth-order valence-corrected chi connectivity index (χ4v) is 1.05. The van der Waals surface area contributed by atoms with Gasteiger partial charge in [-0.25, -0.2) is 8.78 Å². The van der Waals surface area contributed by atoms with Crippen molar-refractivity contribution in [1.82, 2.24) is 4.90 Å². The van der Waals surface area contributed by atoms with E-state index in [0.29, 0.717) is 13.2 Å². The third-order valence-corrected chi connectivity index (χ3v) is 2.16. The van der Waals surface area contributed by atoms with Gasteiger partial charge in [0.05, 0.1) is 12.6 Å². The minimum absolute atomic E-state index is 0.399. The third-order valence-electron chi connectivity index (χ3n) is 2.16. The van der Waals surface area contributed by atoms with Crippen LogP contribution in [-0.2, 0) is 4.74 Å². The summed E-state index contributed by atoms with van der Waals surface area (Å²) in [7, 11) is 1.69. The maximum atomic E-state index is 12.9. The Bertz CT molecular complexity index is 153. The normalized spacial score (nSPS) is 27.4. The van der Waals surface area contributed by atoms with Gasteiger partial charge in [-0.15, -0.1) is 0 Å². The lowest BCUT2D eigenvalue weighted by Gasteiger charge is -2.27. The first-order valence-corrected chi connectivity index (χ1v) is 5.11. The summed E-state index contributed by atoms with van der Waals surface area (Å²) in [6.07, 6.45) is 1.25. The van der Waals surface area contributed by atoms with Crippen LogP contribution in [0.25, 0.3) is 0 Å². The maximum absolute atomic E-state index is 12.9. The summed E-state index contributed by atoms with van der Waals surface area (Å²) < 4.78 is 30.6. The molecule has 14 heavy (non-hydrogen) atoms. The monoisotopic (exact) mass is 209 g/mol. The second-order valence-corrected chi connectivity index (χ2v) is 3.68. The molecule has 1 aliphatic heterocycles. The number of ether oxygens (including phenoxy) is 1. The molecule has 0 spiro atoms. The molecule has 0 aromatic rings. The van der Waals surface area contributed by atoms with Gasteiger partial charge in [0, 0.05) is 6.54 Å². The summed E-state index contributed by atoms with van der Waals surface area (Å²) in [5.41, 5.74) is 0. The van der Waals surface area contributed by atoms with Gasteiger partial charge < -0.3 is 4.74 Å². The van der Waals surface area contributed by atoms with Gasteiger partial charge in [-0.3, -0.25) is 4.90 Å². The van der Waals surface area contributed by atoms with Crippen LogP contribution in [-0.4, -0.2) is 43.7 Å². The standard InChI is InChI=1S/C7H13F2NO.C3H8/c1-6-7(8,9)5-11-4-3-10(6)2;1-3-2/h6H,3-5H2,1-2H3;3H2,1-2H3. The van der Waals surface area contributed by atoms with Crippen molar-refractivity contribution in [2.24, 2.45) is 0 Å². The number of hydrogen-bond donors (Lipinski definition) is 0. The van der Waals surface area contributed by atoms with Crippen LogP contribution in [0.2, 0.25) is 0 Å².